The molecule has 0 saturated carbocycles. The van der Waals surface area contributed by atoms with Gasteiger partial charge in [0.2, 0.25) is 0 Å². The summed E-state index contributed by atoms with van der Waals surface area (Å²) in [5.41, 5.74) is 1.75. The van der Waals surface area contributed by atoms with Crippen LogP contribution in [0.1, 0.15) is 24.2 Å². The van der Waals surface area contributed by atoms with Gasteiger partial charge in [0.1, 0.15) is 11.4 Å². The summed E-state index contributed by atoms with van der Waals surface area (Å²) in [6.07, 6.45) is 1.69. The molecule has 0 fully saturated rings. The molecule has 6 heteroatoms. The Morgan fingerprint density at radius 2 is 2.33 bits per heavy atom. The highest BCUT2D eigenvalue weighted by atomic mass is 35.5. The molecule has 1 aromatic heterocycles. The van der Waals surface area contributed by atoms with Gasteiger partial charge >= 0.3 is 0 Å². The van der Waals surface area contributed by atoms with Gasteiger partial charge in [-0.3, -0.25) is 0 Å². The van der Waals surface area contributed by atoms with Gasteiger partial charge in [0.15, 0.2) is 0 Å². The molecule has 0 saturated heterocycles. The first-order chi connectivity index (χ1) is 8.76. The molecular weight excluding hydrogens is 252 g/mol. The molecule has 0 aliphatic rings. The van der Waals surface area contributed by atoms with Crippen LogP contribution in [0.15, 0.2) is 24.4 Å². The molecule has 2 N–H and O–H groups in total. The van der Waals surface area contributed by atoms with Crippen LogP contribution in [0.2, 0.25) is 5.02 Å². The number of nitrogens with one attached hydrogen (secondary N) is 2. The highest BCUT2D eigenvalue weighted by Crippen LogP contribution is 2.31. The third-order valence-corrected chi connectivity index (χ3v) is 2.88. The Labute approximate surface area is 111 Å². The van der Waals surface area contributed by atoms with Crippen molar-refractivity contribution in [3.05, 3.63) is 40.7 Å². The summed E-state index contributed by atoms with van der Waals surface area (Å²) in [5, 5.41) is 14.6. The fraction of sp³-hybridized carbons (Fsp3) is 0.333. The standard InChI is InChI=1S/C12H15ClN4O/c1-3-14-12(10-7-15-17-16-10)9-6-8(13)4-5-11(9)18-2/h4-7,12,14H,3H2,1-2H3,(H,15,16,17). The molecular formula is C12H15ClN4O. The van der Waals surface area contributed by atoms with Gasteiger partial charge in [-0.15, -0.1) is 0 Å². The number of ether oxygens (including phenoxy) is 1. The predicted octanol–water partition coefficient (Wildman–Crippen LogP) is 2.17. The molecule has 1 heterocycles. The topological polar surface area (TPSA) is 62.8 Å². The molecule has 1 unspecified atom stereocenters. The van der Waals surface area contributed by atoms with Crippen LogP contribution in [-0.2, 0) is 0 Å². The van der Waals surface area contributed by atoms with Crippen LogP contribution in [0.5, 0.6) is 5.75 Å². The lowest BCUT2D eigenvalue weighted by Gasteiger charge is -2.18. The van der Waals surface area contributed by atoms with Crippen LogP contribution in [0, 0.1) is 0 Å². The second-order valence-corrected chi connectivity index (χ2v) is 4.21. The fourth-order valence-electron chi connectivity index (χ4n) is 1.86. The van der Waals surface area contributed by atoms with Crippen LogP contribution in [0.3, 0.4) is 0 Å². The van der Waals surface area contributed by atoms with Crippen molar-refractivity contribution in [1.82, 2.24) is 20.7 Å². The maximum absolute atomic E-state index is 6.05. The fourth-order valence-corrected chi connectivity index (χ4v) is 2.04. The molecule has 0 amide bonds. The van der Waals surface area contributed by atoms with Crippen LogP contribution in [0.25, 0.3) is 0 Å². The van der Waals surface area contributed by atoms with Crippen molar-refractivity contribution in [3.8, 4) is 5.75 Å². The zero-order valence-corrected chi connectivity index (χ0v) is 11.0. The summed E-state index contributed by atoms with van der Waals surface area (Å²) < 4.78 is 5.37. The monoisotopic (exact) mass is 266 g/mol. The maximum Gasteiger partial charge on any atom is 0.124 e. The summed E-state index contributed by atoms with van der Waals surface area (Å²) in [5.74, 6) is 0.772. The Hall–Kier alpha value is -1.59. The molecule has 0 aliphatic heterocycles. The van der Waals surface area contributed by atoms with Crippen molar-refractivity contribution in [1.29, 1.82) is 0 Å². The van der Waals surface area contributed by atoms with Gasteiger partial charge in [0.25, 0.3) is 0 Å². The number of nitrogens with zero attached hydrogens (tertiary/aromatic N) is 2. The summed E-state index contributed by atoms with van der Waals surface area (Å²) in [4.78, 5) is 0. The molecule has 5 nitrogen and oxygen atoms in total. The number of halogens is 1. The molecule has 96 valence electrons. The van der Waals surface area contributed by atoms with Gasteiger partial charge in [0, 0.05) is 10.6 Å². The van der Waals surface area contributed by atoms with Gasteiger partial charge in [-0.05, 0) is 24.7 Å². The van der Waals surface area contributed by atoms with Crippen molar-refractivity contribution < 1.29 is 4.74 Å². The molecule has 1 atom stereocenters. The summed E-state index contributed by atoms with van der Waals surface area (Å²) in [6, 6.07) is 5.43. The van der Waals surface area contributed by atoms with Crippen molar-refractivity contribution in [2.45, 2.75) is 13.0 Å². The molecule has 2 rings (SSSR count). The molecule has 18 heavy (non-hydrogen) atoms. The second-order valence-electron chi connectivity index (χ2n) is 3.77. The van der Waals surface area contributed by atoms with E-state index in [0.717, 1.165) is 23.6 Å². The van der Waals surface area contributed by atoms with E-state index in [-0.39, 0.29) is 6.04 Å². The Balaban J connectivity index is 2.45. The summed E-state index contributed by atoms with van der Waals surface area (Å²) >= 11 is 6.05. The van der Waals surface area contributed by atoms with Gasteiger partial charge in [-0.2, -0.15) is 15.4 Å². The number of hydrogen-bond donors (Lipinski definition) is 2. The van der Waals surface area contributed by atoms with E-state index in [4.69, 9.17) is 16.3 Å². The Morgan fingerprint density at radius 1 is 1.50 bits per heavy atom. The lowest BCUT2D eigenvalue weighted by Crippen LogP contribution is -2.23. The Bertz CT molecular complexity index is 501. The lowest BCUT2D eigenvalue weighted by molar-refractivity contribution is 0.404. The molecule has 0 radical (unpaired) electrons. The first kappa shape index (κ1) is 12.9. The van der Waals surface area contributed by atoms with Crippen molar-refractivity contribution in [2.24, 2.45) is 0 Å². The van der Waals surface area contributed by atoms with E-state index < -0.39 is 0 Å². The average Bonchev–Trinajstić information content (AvgIpc) is 2.89. The van der Waals surface area contributed by atoms with Crippen LogP contribution < -0.4 is 10.1 Å². The van der Waals surface area contributed by atoms with Crippen LogP contribution in [-0.4, -0.2) is 29.1 Å². The van der Waals surface area contributed by atoms with E-state index in [0.29, 0.717) is 5.02 Å². The third kappa shape index (κ3) is 2.63. The van der Waals surface area contributed by atoms with Crippen molar-refractivity contribution in [2.75, 3.05) is 13.7 Å². The number of benzene rings is 1. The van der Waals surface area contributed by atoms with Gasteiger partial charge in [-0.1, -0.05) is 18.5 Å². The van der Waals surface area contributed by atoms with Gasteiger partial charge < -0.3 is 10.1 Å². The number of methoxy groups -OCH3 is 1. The number of hydrogen-bond acceptors (Lipinski definition) is 4. The van der Waals surface area contributed by atoms with Crippen molar-refractivity contribution >= 4 is 11.6 Å². The largest absolute Gasteiger partial charge is 0.496 e. The van der Waals surface area contributed by atoms with E-state index in [1.165, 1.54) is 0 Å². The number of rotatable bonds is 5. The molecule has 0 spiro atoms. The first-order valence-corrected chi connectivity index (χ1v) is 6.06. The van der Waals surface area contributed by atoms with Crippen molar-refractivity contribution in [3.63, 3.8) is 0 Å². The maximum atomic E-state index is 6.05. The number of aromatic amines is 1. The number of aromatic nitrogens is 3. The second kappa shape index (κ2) is 5.84. The average molecular weight is 267 g/mol. The van der Waals surface area contributed by atoms with E-state index in [2.05, 4.69) is 20.7 Å². The normalized spacial score (nSPS) is 12.4. The van der Waals surface area contributed by atoms with E-state index in [9.17, 15) is 0 Å². The lowest BCUT2D eigenvalue weighted by atomic mass is 10.0. The first-order valence-electron chi connectivity index (χ1n) is 5.68. The summed E-state index contributed by atoms with van der Waals surface area (Å²) in [7, 11) is 1.64. The van der Waals surface area contributed by atoms with Gasteiger partial charge in [0.05, 0.1) is 19.3 Å². The molecule has 1 aromatic carbocycles. The Morgan fingerprint density at radius 3 is 2.94 bits per heavy atom. The van der Waals surface area contributed by atoms with Crippen LogP contribution in [0.4, 0.5) is 0 Å². The van der Waals surface area contributed by atoms with E-state index in [1.54, 1.807) is 19.4 Å². The molecule has 0 aliphatic carbocycles. The predicted molar refractivity (Wildman–Crippen MR) is 69.9 cm³/mol. The minimum atomic E-state index is -0.0950. The van der Waals surface area contributed by atoms with Gasteiger partial charge in [-0.25, -0.2) is 0 Å². The highest BCUT2D eigenvalue weighted by molar-refractivity contribution is 6.30. The Kier molecular flexibility index (Phi) is 4.17. The highest BCUT2D eigenvalue weighted by Gasteiger charge is 2.20. The molecule has 0 bridgehead atoms. The summed E-state index contributed by atoms with van der Waals surface area (Å²) in [6.45, 7) is 2.83. The van der Waals surface area contributed by atoms with E-state index >= 15 is 0 Å². The SMILES string of the molecule is CCNC(c1cn[nH]n1)c1cc(Cl)ccc1OC. The van der Waals surface area contributed by atoms with Crippen LogP contribution >= 0.6 is 11.6 Å². The minimum absolute atomic E-state index is 0.0950. The number of H-pyrrole nitrogens is 1. The zero-order valence-electron chi connectivity index (χ0n) is 10.3. The quantitative estimate of drug-likeness (QED) is 0.871. The zero-order chi connectivity index (χ0) is 13.0. The minimum Gasteiger partial charge on any atom is -0.496 e. The van der Waals surface area contributed by atoms with E-state index in [1.807, 2.05) is 19.1 Å². The molecule has 2 aromatic rings. The third-order valence-electron chi connectivity index (χ3n) is 2.64. The smallest absolute Gasteiger partial charge is 0.124 e.